The molecule has 6 nitrogen and oxygen atoms in total. The highest BCUT2D eigenvalue weighted by Gasteiger charge is 2.29. The van der Waals surface area contributed by atoms with Gasteiger partial charge < -0.3 is 19.7 Å². The Labute approximate surface area is 178 Å². The summed E-state index contributed by atoms with van der Waals surface area (Å²) in [7, 11) is 0. The second kappa shape index (κ2) is 10.1. The lowest BCUT2D eigenvalue weighted by molar-refractivity contribution is -0.119. The predicted molar refractivity (Wildman–Crippen MR) is 113 cm³/mol. The molecule has 0 aromatic heterocycles. The summed E-state index contributed by atoms with van der Waals surface area (Å²) in [5.41, 5.74) is 0.504. The Kier molecular flexibility index (Phi) is 7.23. The minimum absolute atomic E-state index is 0.145. The van der Waals surface area contributed by atoms with Gasteiger partial charge in [0.05, 0.1) is 19.3 Å². The molecule has 1 aromatic carbocycles. The van der Waals surface area contributed by atoms with Crippen LogP contribution in [0.25, 0.3) is 0 Å². The van der Waals surface area contributed by atoms with Crippen LogP contribution >= 0.6 is 0 Å². The molecular weight excluding hydrogens is 385 g/mol. The van der Waals surface area contributed by atoms with Gasteiger partial charge in [-0.1, -0.05) is 12.5 Å². The van der Waals surface area contributed by atoms with Crippen LogP contribution in [0.2, 0.25) is 0 Å². The Bertz CT molecular complexity index is 714. The average Bonchev–Trinajstić information content (AvgIpc) is 2.68. The number of carbonyl (C=O) groups is 1. The first-order valence-electron chi connectivity index (χ1n) is 11.4. The van der Waals surface area contributed by atoms with Crippen molar-refractivity contribution in [2.45, 2.75) is 57.2 Å². The maximum atomic E-state index is 15.0. The van der Waals surface area contributed by atoms with Gasteiger partial charge in [-0.25, -0.2) is 4.39 Å². The Morgan fingerprint density at radius 1 is 1.20 bits per heavy atom. The molecule has 4 rings (SSSR count). The summed E-state index contributed by atoms with van der Waals surface area (Å²) in [6, 6.07) is 5.46. The van der Waals surface area contributed by atoms with Gasteiger partial charge >= 0.3 is 0 Å². The van der Waals surface area contributed by atoms with Gasteiger partial charge in [-0.15, -0.1) is 0 Å². The molecule has 2 heterocycles. The molecule has 1 unspecified atom stereocenters. The molecule has 30 heavy (non-hydrogen) atoms. The van der Waals surface area contributed by atoms with Crippen molar-refractivity contribution in [2.24, 2.45) is 0 Å². The number of piperidine rings is 1. The van der Waals surface area contributed by atoms with Crippen molar-refractivity contribution in [2.75, 3.05) is 45.9 Å². The number of morpholine rings is 1. The van der Waals surface area contributed by atoms with Crippen LogP contribution in [0.15, 0.2) is 18.2 Å². The number of nitrogens with zero attached hydrogens (tertiary/aromatic N) is 2. The van der Waals surface area contributed by atoms with Crippen LogP contribution in [-0.4, -0.2) is 73.8 Å². The first kappa shape index (κ1) is 21.5. The maximum Gasteiger partial charge on any atom is 0.217 e. The van der Waals surface area contributed by atoms with Crippen molar-refractivity contribution in [3.05, 3.63) is 29.6 Å². The highest BCUT2D eigenvalue weighted by atomic mass is 19.1. The monoisotopic (exact) mass is 419 g/mol. The van der Waals surface area contributed by atoms with E-state index in [1.165, 1.54) is 32.3 Å². The third-order valence-electron chi connectivity index (χ3n) is 6.64. The Morgan fingerprint density at radius 2 is 1.93 bits per heavy atom. The number of carbonyl (C=O) groups excluding carboxylic acids is 1. The van der Waals surface area contributed by atoms with E-state index in [-0.39, 0.29) is 23.9 Å². The second-order valence-corrected chi connectivity index (χ2v) is 8.79. The van der Waals surface area contributed by atoms with Gasteiger partial charge in [0.2, 0.25) is 5.91 Å². The van der Waals surface area contributed by atoms with Crippen molar-refractivity contribution in [3.8, 4) is 5.75 Å². The Morgan fingerprint density at radius 3 is 2.53 bits per heavy atom. The van der Waals surface area contributed by atoms with E-state index in [1.54, 1.807) is 6.07 Å². The zero-order chi connectivity index (χ0) is 20.9. The molecule has 0 radical (unpaired) electrons. The smallest absolute Gasteiger partial charge is 0.217 e. The maximum absolute atomic E-state index is 15.0. The van der Waals surface area contributed by atoms with Gasteiger partial charge in [-0.3, -0.25) is 9.69 Å². The van der Waals surface area contributed by atoms with Gasteiger partial charge in [0, 0.05) is 57.3 Å². The van der Waals surface area contributed by atoms with E-state index in [4.69, 9.17) is 9.47 Å². The van der Waals surface area contributed by atoms with Gasteiger partial charge in [0.15, 0.2) is 0 Å². The van der Waals surface area contributed by atoms with E-state index in [0.29, 0.717) is 31.1 Å². The first-order valence-corrected chi connectivity index (χ1v) is 11.4. The van der Waals surface area contributed by atoms with Crippen LogP contribution < -0.4 is 10.1 Å². The SMILES string of the molecule is CC(=O)NC(CN1CCOCC1)c1ccc(OC2CCN(C3CCC3)CC2)cc1F. The molecule has 1 N–H and O–H groups in total. The molecule has 1 atom stereocenters. The van der Waals surface area contributed by atoms with Crippen molar-refractivity contribution in [3.63, 3.8) is 0 Å². The van der Waals surface area contributed by atoms with Crippen molar-refractivity contribution >= 4 is 5.91 Å². The van der Waals surface area contributed by atoms with Gasteiger partial charge in [0.1, 0.15) is 17.7 Å². The number of hydrogen-bond donors (Lipinski definition) is 1. The van der Waals surface area contributed by atoms with Crippen molar-refractivity contribution < 1.29 is 18.7 Å². The van der Waals surface area contributed by atoms with Gasteiger partial charge in [-0.05, 0) is 31.7 Å². The number of hydrogen-bond acceptors (Lipinski definition) is 5. The molecule has 0 bridgehead atoms. The summed E-state index contributed by atoms with van der Waals surface area (Å²) < 4.78 is 26.5. The number of halogens is 1. The number of amides is 1. The Balaban J connectivity index is 1.36. The summed E-state index contributed by atoms with van der Waals surface area (Å²) in [6.45, 7) is 7.09. The molecule has 1 saturated carbocycles. The van der Waals surface area contributed by atoms with Crippen LogP contribution in [0, 0.1) is 5.82 Å². The normalized spacial score (nSPS) is 23.0. The fourth-order valence-corrected chi connectivity index (χ4v) is 4.68. The van der Waals surface area contributed by atoms with E-state index in [0.717, 1.165) is 45.1 Å². The molecule has 3 fully saturated rings. The van der Waals surface area contributed by atoms with Crippen LogP contribution in [0.1, 0.15) is 50.6 Å². The van der Waals surface area contributed by atoms with E-state index < -0.39 is 0 Å². The molecule has 7 heteroatoms. The van der Waals surface area contributed by atoms with Crippen molar-refractivity contribution in [1.82, 2.24) is 15.1 Å². The van der Waals surface area contributed by atoms with Gasteiger partial charge in [-0.2, -0.15) is 0 Å². The summed E-state index contributed by atoms with van der Waals surface area (Å²) in [6.07, 6.45) is 6.15. The number of rotatable bonds is 7. The minimum atomic E-state index is -0.389. The van der Waals surface area contributed by atoms with E-state index >= 15 is 0 Å². The van der Waals surface area contributed by atoms with Gasteiger partial charge in [0.25, 0.3) is 0 Å². The number of benzene rings is 1. The average molecular weight is 420 g/mol. The summed E-state index contributed by atoms with van der Waals surface area (Å²) in [5.74, 6) is 0.0870. The second-order valence-electron chi connectivity index (χ2n) is 8.79. The lowest BCUT2D eigenvalue weighted by atomic mass is 9.90. The van der Waals surface area contributed by atoms with Crippen LogP contribution in [0.3, 0.4) is 0 Å². The highest BCUT2D eigenvalue weighted by molar-refractivity contribution is 5.73. The Hall–Kier alpha value is -1.70. The minimum Gasteiger partial charge on any atom is -0.490 e. The lowest BCUT2D eigenvalue weighted by Gasteiger charge is -2.41. The summed E-state index contributed by atoms with van der Waals surface area (Å²) in [4.78, 5) is 16.5. The highest BCUT2D eigenvalue weighted by Crippen LogP contribution is 2.29. The summed E-state index contributed by atoms with van der Waals surface area (Å²) >= 11 is 0. The fourth-order valence-electron chi connectivity index (χ4n) is 4.68. The molecule has 2 aliphatic heterocycles. The molecule has 0 spiro atoms. The largest absolute Gasteiger partial charge is 0.490 e. The summed E-state index contributed by atoms with van der Waals surface area (Å²) in [5, 5.41) is 2.90. The molecule has 1 aliphatic carbocycles. The van der Waals surface area contributed by atoms with E-state index in [2.05, 4.69) is 15.1 Å². The zero-order valence-electron chi connectivity index (χ0n) is 17.9. The zero-order valence-corrected chi connectivity index (χ0v) is 17.9. The van der Waals surface area contributed by atoms with E-state index in [9.17, 15) is 9.18 Å². The van der Waals surface area contributed by atoms with Crippen molar-refractivity contribution in [1.29, 1.82) is 0 Å². The molecular formula is C23H34FN3O3. The van der Waals surface area contributed by atoms with Crippen LogP contribution in [-0.2, 0) is 9.53 Å². The fraction of sp³-hybridized carbons (Fsp3) is 0.696. The topological polar surface area (TPSA) is 54.0 Å². The van der Waals surface area contributed by atoms with Crippen LogP contribution in [0.5, 0.6) is 5.75 Å². The van der Waals surface area contributed by atoms with Crippen LogP contribution in [0.4, 0.5) is 4.39 Å². The molecule has 2 saturated heterocycles. The predicted octanol–water partition coefficient (Wildman–Crippen LogP) is 2.73. The quantitative estimate of drug-likeness (QED) is 0.737. The first-order chi connectivity index (χ1) is 14.6. The third kappa shape index (κ3) is 5.50. The number of likely N-dealkylation sites (tertiary alicyclic amines) is 1. The number of ether oxygens (including phenoxy) is 2. The standard InChI is InChI=1S/C23H34FN3O3/c1-17(28)25-23(16-26-11-13-29-14-12-26)21-6-5-20(15-22(21)24)30-19-7-9-27(10-8-19)18-3-2-4-18/h5-6,15,18-19,23H,2-4,7-14,16H2,1H3,(H,25,28). The molecule has 1 aromatic rings. The lowest BCUT2D eigenvalue weighted by Crippen LogP contribution is -2.46. The van der Waals surface area contributed by atoms with E-state index in [1.807, 2.05) is 6.07 Å². The number of nitrogens with one attached hydrogen (secondary N) is 1. The third-order valence-corrected chi connectivity index (χ3v) is 6.64. The molecule has 3 aliphatic rings. The molecule has 1 amide bonds. The molecule has 166 valence electrons.